The number of rotatable bonds is 1. The molecule has 3 rings (SSSR count). The first-order valence-corrected chi connectivity index (χ1v) is 6.33. The van der Waals surface area contributed by atoms with Crippen LogP contribution in [0.5, 0.6) is 5.75 Å². The predicted molar refractivity (Wildman–Crippen MR) is 75.0 cm³/mol. The van der Waals surface area contributed by atoms with Gasteiger partial charge >= 0.3 is 0 Å². The van der Waals surface area contributed by atoms with Crippen molar-refractivity contribution in [1.29, 1.82) is 0 Å². The second-order valence-corrected chi connectivity index (χ2v) is 4.63. The monoisotopic (exact) mass is 267 g/mol. The molecule has 1 aliphatic rings. The largest absolute Gasteiger partial charge is 0.488 e. The Labute approximate surface area is 116 Å². The average molecular weight is 267 g/mol. The SMILES string of the molecule is CC(=O)Nc1cccc2c1C(=O)c1ccccc1CO2. The molecule has 2 aromatic rings. The Bertz CT molecular complexity index is 707. The number of fused-ring (bicyclic) bond motifs is 2. The molecule has 4 nitrogen and oxygen atoms in total. The van der Waals surface area contributed by atoms with Crippen molar-refractivity contribution in [2.75, 3.05) is 5.32 Å². The van der Waals surface area contributed by atoms with Gasteiger partial charge in [0.1, 0.15) is 12.4 Å². The topological polar surface area (TPSA) is 55.4 Å². The summed E-state index contributed by atoms with van der Waals surface area (Å²) in [5.74, 6) is 0.152. The molecule has 0 aliphatic carbocycles. The second kappa shape index (κ2) is 4.81. The number of carbonyl (C=O) groups excluding carboxylic acids is 2. The number of hydrogen-bond donors (Lipinski definition) is 1. The highest BCUT2D eigenvalue weighted by Crippen LogP contribution is 2.33. The molecular weight excluding hydrogens is 254 g/mol. The molecule has 0 aromatic heterocycles. The van der Waals surface area contributed by atoms with Crippen molar-refractivity contribution in [2.24, 2.45) is 0 Å². The number of hydrogen-bond acceptors (Lipinski definition) is 3. The lowest BCUT2D eigenvalue weighted by Gasteiger charge is -2.11. The van der Waals surface area contributed by atoms with E-state index in [0.717, 1.165) is 5.56 Å². The van der Waals surface area contributed by atoms with Gasteiger partial charge in [-0.3, -0.25) is 9.59 Å². The summed E-state index contributed by atoms with van der Waals surface area (Å²) >= 11 is 0. The summed E-state index contributed by atoms with van der Waals surface area (Å²) in [6.45, 7) is 1.76. The van der Waals surface area contributed by atoms with Crippen LogP contribution in [0, 0.1) is 0 Å². The van der Waals surface area contributed by atoms with Crippen LogP contribution in [-0.2, 0) is 11.4 Å². The third-order valence-corrected chi connectivity index (χ3v) is 3.21. The summed E-state index contributed by atoms with van der Waals surface area (Å²) in [7, 11) is 0. The number of ketones is 1. The zero-order valence-electron chi connectivity index (χ0n) is 11.0. The van der Waals surface area contributed by atoms with Crippen molar-refractivity contribution in [2.45, 2.75) is 13.5 Å². The van der Waals surface area contributed by atoms with E-state index >= 15 is 0 Å². The Balaban J connectivity index is 2.18. The Morgan fingerprint density at radius 2 is 1.95 bits per heavy atom. The molecule has 20 heavy (non-hydrogen) atoms. The fourth-order valence-corrected chi connectivity index (χ4v) is 2.34. The van der Waals surface area contributed by atoms with Crippen LogP contribution in [0.25, 0.3) is 0 Å². The first kappa shape index (κ1) is 12.4. The third-order valence-electron chi connectivity index (χ3n) is 3.21. The number of ether oxygens (including phenoxy) is 1. The molecule has 0 bridgehead atoms. The van der Waals surface area contributed by atoms with Gasteiger partial charge in [0, 0.05) is 18.1 Å². The van der Waals surface area contributed by atoms with E-state index in [4.69, 9.17) is 4.74 Å². The van der Waals surface area contributed by atoms with Crippen LogP contribution < -0.4 is 10.1 Å². The van der Waals surface area contributed by atoms with Crippen LogP contribution in [0.3, 0.4) is 0 Å². The molecule has 2 aromatic carbocycles. The molecule has 0 radical (unpaired) electrons. The maximum atomic E-state index is 12.7. The van der Waals surface area contributed by atoms with Crippen molar-refractivity contribution in [3.05, 3.63) is 59.2 Å². The molecule has 0 atom stereocenters. The Morgan fingerprint density at radius 1 is 1.15 bits per heavy atom. The summed E-state index contributed by atoms with van der Waals surface area (Å²) in [6, 6.07) is 12.5. The molecule has 1 aliphatic heterocycles. The summed E-state index contributed by atoms with van der Waals surface area (Å²) in [4.78, 5) is 24.0. The molecule has 0 saturated carbocycles. The minimum Gasteiger partial charge on any atom is -0.488 e. The molecule has 1 N–H and O–H groups in total. The number of nitrogens with one attached hydrogen (secondary N) is 1. The highest BCUT2D eigenvalue weighted by molar-refractivity contribution is 6.16. The van der Waals surface area contributed by atoms with E-state index in [1.165, 1.54) is 6.92 Å². The van der Waals surface area contributed by atoms with Crippen LogP contribution in [0.4, 0.5) is 5.69 Å². The molecule has 4 heteroatoms. The van der Waals surface area contributed by atoms with Gasteiger partial charge in [0.05, 0.1) is 11.3 Å². The predicted octanol–water partition coefficient (Wildman–Crippen LogP) is 2.77. The maximum absolute atomic E-state index is 12.7. The van der Waals surface area contributed by atoms with Crippen molar-refractivity contribution in [3.8, 4) is 5.75 Å². The Hall–Kier alpha value is -2.62. The van der Waals surface area contributed by atoms with Gasteiger partial charge in [0.15, 0.2) is 5.78 Å². The van der Waals surface area contributed by atoms with E-state index in [1.54, 1.807) is 24.3 Å². The van der Waals surface area contributed by atoms with Gasteiger partial charge in [0.2, 0.25) is 5.91 Å². The lowest BCUT2D eigenvalue weighted by Crippen LogP contribution is -2.12. The van der Waals surface area contributed by atoms with Gasteiger partial charge in [-0.1, -0.05) is 30.3 Å². The van der Waals surface area contributed by atoms with Crippen LogP contribution >= 0.6 is 0 Å². The van der Waals surface area contributed by atoms with E-state index in [0.29, 0.717) is 29.2 Å². The normalized spacial score (nSPS) is 12.8. The Kier molecular flexibility index (Phi) is 2.99. The van der Waals surface area contributed by atoms with Crippen LogP contribution in [0.1, 0.15) is 28.4 Å². The smallest absolute Gasteiger partial charge is 0.221 e. The lowest BCUT2D eigenvalue weighted by molar-refractivity contribution is -0.114. The highest BCUT2D eigenvalue weighted by atomic mass is 16.5. The molecule has 0 unspecified atom stereocenters. The van der Waals surface area contributed by atoms with Crippen molar-refractivity contribution in [3.63, 3.8) is 0 Å². The van der Waals surface area contributed by atoms with Gasteiger partial charge < -0.3 is 10.1 Å². The van der Waals surface area contributed by atoms with Gasteiger partial charge in [-0.25, -0.2) is 0 Å². The van der Waals surface area contributed by atoms with Crippen LogP contribution in [0.15, 0.2) is 42.5 Å². The van der Waals surface area contributed by atoms with Crippen LogP contribution in [0.2, 0.25) is 0 Å². The Morgan fingerprint density at radius 3 is 2.75 bits per heavy atom. The molecule has 0 fully saturated rings. The zero-order chi connectivity index (χ0) is 14.1. The summed E-state index contributed by atoms with van der Waals surface area (Å²) < 4.78 is 5.70. The number of benzene rings is 2. The summed E-state index contributed by atoms with van der Waals surface area (Å²) in [5.41, 5.74) is 2.36. The van der Waals surface area contributed by atoms with E-state index in [-0.39, 0.29) is 11.7 Å². The summed E-state index contributed by atoms with van der Waals surface area (Å²) in [5, 5.41) is 2.68. The third kappa shape index (κ3) is 2.05. The molecular formula is C16H13NO3. The van der Waals surface area contributed by atoms with Gasteiger partial charge in [-0.2, -0.15) is 0 Å². The zero-order valence-corrected chi connectivity index (χ0v) is 11.0. The summed E-state index contributed by atoms with van der Waals surface area (Å²) in [6.07, 6.45) is 0. The van der Waals surface area contributed by atoms with E-state index in [9.17, 15) is 9.59 Å². The van der Waals surface area contributed by atoms with Gasteiger partial charge in [-0.15, -0.1) is 0 Å². The molecule has 0 saturated heterocycles. The fourth-order valence-electron chi connectivity index (χ4n) is 2.34. The van der Waals surface area contributed by atoms with Gasteiger partial charge in [0.25, 0.3) is 0 Å². The van der Waals surface area contributed by atoms with E-state index in [1.807, 2.05) is 18.2 Å². The van der Waals surface area contributed by atoms with Crippen molar-refractivity contribution >= 4 is 17.4 Å². The maximum Gasteiger partial charge on any atom is 0.221 e. The molecule has 100 valence electrons. The number of amides is 1. The average Bonchev–Trinajstić information content (AvgIpc) is 2.57. The molecule has 1 amide bonds. The van der Waals surface area contributed by atoms with Crippen LogP contribution in [-0.4, -0.2) is 11.7 Å². The number of carbonyl (C=O) groups is 2. The first-order chi connectivity index (χ1) is 9.66. The van der Waals surface area contributed by atoms with Crippen molar-refractivity contribution < 1.29 is 14.3 Å². The van der Waals surface area contributed by atoms with E-state index in [2.05, 4.69) is 5.32 Å². The second-order valence-electron chi connectivity index (χ2n) is 4.63. The standard InChI is InChI=1S/C16H13NO3/c1-10(18)17-13-7-4-8-14-15(13)16(19)12-6-3-2-5-11(12)9-20-14/h2-8H,9H2,1H3,(H,17,18). The molecule has 1 heterocycles. The van der Waals surface area contributed by atoms with Gasteiger partial charge in [-0.05, 0) is 12.1 Å². The van der Waals surface area contributed by atoms with Crippen molar-refractivity contribution in [1.82, 2.24) is 0 Å². The lowest BCUT2D eigenvalue weighted by atomic mass is 9.98. The number of anilines is 1. The minimum absolute atomic E-state index is 0.127. The van der Waals surface area contributed by atoms with E-state index < -0.39 is 0 Å². The minimum atomic E-state index is -0.219. The quantitative estimate of drug-likeness (QED) is 0.864. The first-order valence-electron chi connectivity index (χ1n) is 6.33. The fraction of sp³-hybridized carbons (Fsp3) is 0.125. The highest BCUT2D eigenvalue weighted by Gasteiger charge is 2.25. The molecule has 0 spiro atoms.